The fourth-order valence-corrected chi connectivity index (χ4v) is 8.60. The van der Waals surface area contributed by atoms with Crippen LogP contribution in [0.4, 0.5) is 0 Å². The summed E-state index contributed by atoms with van der Waals surface area (Å²) < 4.78 is 6.45. The van der Waals surface area contributed by atoms with E-state index in [1.807, 2.05) is 6.08 Å². The highest BCUT2D eigenvalue weighted by Gasteiger charge is 2.44. The van der Waals surface area contributed by atoms with Gasteiger partial charge < -0.3 is 9.53 Å². The lowest BCUT2D eigenvalue weighted by atomic mass is 10.2. The fraction of sp³-hybridized carbons (Fsp3) is 0.867. The van der Waals surface area contributed by atoms with E-state index < -0.39 is 8.32 Å². The van der Waals surface area contributed by atoms with Crippen LogP contribution >= 0.6 is 0 Å². The largest absolute Gasteiger partial charge is 0.416 e. The van der Waals surface area contributed by atoms with Crippen LogP contribution in [-0.4, -0.2) is 26.6 Å². The number of hydrogen-bond acceptors (Lipinski definition) is 2. The molecule has 3 heteroatoms. The van der Waals surface area contributed by atoms with Crippen molar-refractivity contribution in [2.75, 3.05) is 13.2 Å². The van der Waals surface area contributed by atoms with Gasteiger partial charge in [0.2, 0.25) is 0 Å². The Bertz CT molecular complexity index is 235. The summed E-state index contributed by atoms with van der Waals surface area (Å²) in [7, 11) is -1.71. The van der Waals surface area contributed by atoms with Gasteiger partial charge in [0.15, 0.2) is 8.32 Å². The maximum Gasteiger partial charge on any atom is 0.200 e. The molecule has 0 aromatic rings. The van der Waals surface area contributed by atoms with Crippen LogP contribution in [0.3, 0.4) is 0 Å². The van der Waals surface area contributed by atoms with E-state index in [-0.39, 0.29) is 6.61 Å². The summed E-state index contributed by atoms with van der Waals surface area (Å²) in [6.45, 7) is 16.8. The SMILES string of the molecule is C/C(=C\CO)CCO[Si](C(C)C)(C(C)C)C(C)C. The van der Waals surface area contributed by atoms with Gasteiger partial charge in [-0.05, 0) is 30.0 Å². The highest BCUT2D eigenvalue weighted by molar-refractivity contribution is 6.77. The Balaban J connectivity index is 4.67. The van der Waals surface area contributed by atoms with E-state index in [1.54, 1.807) is 0 Å². The molecule has 18 heavy (non-hydrogen) atoms. The van der Waals surface area contributed by atoms with E-state index >= 15 is 0 Å². The van der Waals surface area contributed by atoms with Crippen molar-refractivity contribution < 1.29 is 9.53 Å². The molecular weight excluding hydrogens is 240 g/mol. The van der Waals surface area contributed by atoms with E-state index in [0.29, 0.717) is 16.6 Å². The molecule has 0 amide bonds. The van der Waals surface area contributed by atoms with Crippen molar-refractivity contribution in [1.82, 2.24) is 0 Å². The van der Waals surface area contributed by atoms with Crippen LogP contribution in [0.5, 0.6) is 0 Å². The molecule has 0 saturated carbocycles. The monoisotopic (exact) mass is 272 g/mol. The standard InChI is InChI=1S/C15H32O2Si/c1-12(2)18(13(3)4,14(5)6)17-11-9-15(7)8-10-16/h8,12-14,16H,9-11H2,1-7H3/b15-8+. The van der Waals surface area contributed by atoms with Crippen LogP contribution in [0, 0.1) is 0 Å². The minimum Gasteiger partial charge on any atom is -0.416 e. The summed E-state index contributed by atoms with van der Waals surface area (Å²) in [4.78, 5) is 0. The lowest BCUT2D eigenvalue weighted by Crippen LogP contribution is -2.48. The third-order valence-corrected chi connectivity index (χ3v) is 10.1. The average molecular weight is 273 g/mol. The number of aliphatic hydroxyl groups excluding tert-OH is 1. The van der Waals surface area contributed by atoms with E-state index in [2.05, 4.69) is 48.5 Å². The van der Waals surface area contributed by atoms with Crippen LogP contribution in [0.15, 0.2) is 11.6 Å². The molecule has 2 nitrogen and oxygen atoms in total. The molecule has 0 radical (unpaired) electrons. The first-order valence-corrected chi connectivity index (χ1v) is 9.33. The number of rotatable bonds is 8. The Morgan fingerprint density at radius 1 is 1.06 bits per heavy atom. The van der Waals surface area contributed by atoms with Crippen molar-refractivity contribution in [2.45, 2.75) is 71.5 Å². The number of hydrogen-bond donors (Lipinski definition) is 1. The summed E-state index contributed by atoms with van der Waals surface area (Å²) in [5.41, 5.74) is 3.13. The van der Waals surface area contributed by atoms with E-state index in [1.165, 1.54) is 5.57 Å². The third kappa shape index (κ3) is 4.52. The molecule has 0 heterocycles. The van der Waals surface area contributed by atoms with Gasteiger partial charge in [0.25, 0.3) is 0 Å². The zero-order valence-corrected chi connectivity index (χ0v) is 14.3. The fourth-order valence-electron chi connectivity index (χ4n) is 3.15. The Labute approximate surface area is 115 Å². The average Bonchev–Trinajstić information content (AvgIpc) is 2.23. The van der Waals surface area contributed by atoms with Crippen LogP contribution < -0.4 is 0 Å². The summed E-state index contributed by atoms with van der Waals surface area (Å²) in [6.07, 6.45) is 2.80. The third-order valence-electron chi connectivity index (χ3n) is 4.00. The molecule has 0 saturated heterocycles. The Hall–Kier alpha value is -0.123. The molecule has 0 spiro atoms. The lowest BCUT2D eigenvalue weighted by molar-refractivity contribution is 0.280. The smallest absolute Gasteiger partial charge is 0.200 e. The van der Waals surface area contributed by atoms with E-state index in [4.69, 9.17) is 9.53 Å². The van der Waals surface area contributed by atoms with Gasteiger partial charge in [-0.15, -0.1) is 0 Å². The topological polar surface area (TPSA) is 29.5 Å². The molecule has 0 fully saturated rings. The van der Waals surface area contributed by atoms with Gasteiger partial charge in [-0.3, -0.25) is 0 Å². The van der Waals surface area contributed by atoms with Crippen molar-refractivity contribution in [3.8, 4) is 0 Å². The van der Waals surface area contributed by atoms with Crippen molar-refractivity contribution in [3.05, 3.63) is 11.6 Å². The van der Waals surface area contributed by atoms with Gasteiger partial charge in [-0.1, -0.05) is 53.2 Å². The highest BCUT2D eigenvalue weighted by Crippen LogP contribution is 2.42. The molecule has 0 rings (SSSR count). The van der Waals surface area contributed by atoms with Crippen molar-refractivity contribution in [1.29, 1.82) is 0 Å². The van der Waals surface area contributed by atoms with Gasteiger partial charge >= 0.3 is 0 Å². The quantitative estimate of drug-likeness (QED) is 0.520. The molecule has 1 N–H and O–H groups in total. The molecule has 0 aliphatic heterocycles. The molecule has 0 aliphatic carbocycles. The maximum absolute atomic E-state index is 8.85. The molecule has 0 atom stereocenters. The molecule has 0 bridgehead atoms. The summed E-state index contributed by atoms with van der Waals surface area (Å²) in [5.74, 6) is 0. The molecule has 0 aliphatic rings. The molecular formula is C15H32O2Si. The van der Waals surface area contributed by atoms with Crippen molar-refractivity contribution in [2.24, 2.45) is 0 Å². The van der Waals surface area contributed by atoms with Crippen LogP contribution in [0.2, 0.25) is 16.6 Å². The predicted octanol–water partition coefficient (Wildman–Crippen LogP) is 4.51. The van der Waals surface area contributed by atoms with Gasteiger partial charge in [-0.2, -0.15) is 0 Å². The van der Waals surface area contributed by atoms with E-state index in [0.717, 1.165) is 13.0 Å². The zero-order valence-electron chi connectivity index (χ0n) is 13.3. The van der Waals surface area contributed by atoms with E-state index in [9.17, 15) is 0 Å². The van der Waals surface area contributed by atoms with Crippen LogP contribution in [0.25, 0.3) is 0 Å². The second-order valence-electron chi connectivity index (χ2n) is 6.15. The molecule has 108 valence electrons. The lowest BCUT2D eigenvalue weighted by Gasteiger charge is -2.42. The zero-order chi connectivity index (χ0) is 14.3. The summed E-state index contributed by atoms with van der Waals surface area (Å²) in [6, 6.07) is 0. The Morgan fingerprint density at radius 3 is 1.83 bits per heavy atom. The minimum absolute atomic E-state index is 0.132. The maximum atomic E-state index is 8.85. The second kappa shape index (κ2) is 8.13. The van der Waals surface area contributed by atoms with Crippen LogP contribution in [-0.2, 0) is 4.43 Å². The molecule has 0 unspecified atom stereocenters. The van der Waals surface area contributed by atoms with Gasteiger partial charge in [0, 0.05) is 6.61 Å². The van der Waals surface area contributed by atoms with Crippen molar-refractivity contribution in [3.63, 3.8) is 0 Å². The Morgan fingerprint density at radius 2 is 1.50 bits per heavy atom. The summed E-state index contributed by atoms with van der Waals surface area (Å²) >= 11 is 0. The number of aliphatic hydroxyl groups is 1. The van der Waals surface area contributed by atoms with Gasteiger partial charge in [0.1, 0.15) is 0 Å². The highest BCUT2D eigenvalue weighted by atomic mass is 28.4. The molecule has 0 aromatic carbocycles. The van der Waals surface area contributed by atoms with Crippen LogP contribution in [0.1, 0.15) is 54.9 Å². The van der Waals surface area contributed by atoms with Gasteiger partial charge in [0.05, 0.1) is 6.61 Å². The summed E-state index contributed by atoms with van der Waals surface area (Å²) in [5, 5.41) is 8.85. The minimum atomic E-state index is -1.71. The second-order valence-corrected chi connectivity index (χ2v) is 11.6. The first-order chi connectivity index (χ1) is 8.28. The molecule has 0 aromatic heterocycles. The first kappa shape index (κ1) is 17.9. The predicted molar refractivity (Wildman–Crippen MR) is 82.5 cm³/mol. The van der Waals surface area contributed by atoms with Crippen molar-refractivity contribution >= 4 is 8.32 Å². The van der Waals surface area contributed by atoms with Gasteiger partial charge in [-0.25, -0.2) is 0 Å². The normalized spacial score (nSPS) is 14.1. The first-order valence-electron chi connectivity index (χ1n) is 7.19. The Kier molecular flexibility index (Phi) is 8.07.